The number of piperazine rings is 1. The lowest BCUT2D eigenvalue weighted by molar-refractivity contribution is 0.185. The third kappa shape index (κ3) is 3.65. The summed E-state index contributed by atoms with van der Waals surface area (Å²) >= 11 is 0. The Morgan fingerprint density at radius 3 is 2.62 bits per heavy atom. The molecule has 4 heterocycles. The summed E-state index contributed by atoms with van der Waals surface area (Å²) in [5.41, 5.74) is 3.56. The van der Waals surface area contributed by atoms with Gasteiger partial charge in [0.1, 0.15) is 12.0 Å². The normalized spacial score (nSPS) is 23.2. The van der Waals surface area contributed by atoms with E-state index in [9.17, 15) is 5.11 Å². The minimum Gasteiger partial charge on any atom is -0.493 e. The van der Waals surface area contributed by atoms with E-state index in [0.29, 0.717) is 6.04 Å². The van der Waals surface area contributed by atoms with Crippen molar-refractivity contribution < 1.29 is 9.84 Å². The molecule has 0 aliphatic carbocycles. The van der Waals surface area contributed by atoms with Crippen LogP contribution in [-0.2, 0) is 6.42 Å². The van der Waals surface area contributed by atoms with Crippen LogP contribution in [0, 0.1) is 0 Å². The van der Waals surface area contributed by atoms with Gasteiger partial charge in [-0.15, -0.1) is 0 Å². The van der Waals surface area contributed by atoms with Crippen LogP contribution in [0.25, 0.3) is 0 Å². The molecule has 2 unspecified atom stereocenters. The Kier molecular flexibility index (Phi) is 5.01. The van der Waals surface area contributed by atoms with Gasteiger partial charge < -0.3 is 19.6 Å². The van der Waals surface area contributed by atoms with E-state index >= 15 is 0 Å². The van der Waals surface area contributed by atoms with Crippen LogP contribution >= 0.6 is 0 Å². The highest BCUT2D eigenvalue weighted by Gasteiger charge is 2.26. The Balaban J connectivity index is 1.20. The molecule has 2 saturated heterocycles. The first-order chi connectivity index (χ1) is 14.2. The molecule has 0 spiro atoms. The molecule has 1 N–H and O–H groups in total. The van der Waals surface area contributed by atoms with Gasteiger partial charge in [-0.2, -0.15) is 0 Å². The van der Waals surface area contributed by atoms with E-state index in [1.54, 1.807) is 0 Å². The van der Waals surface area contributed by atoms with Crippen molar-refractivity contribution in [3.63, 3.8) is 0 Å². The summed E-state index contributed by atoms with van der Waals surface area (Å²) in [5, 5.41) is 10.0. The summed E-state index contributed by atoms with van der Waals surface area (Å²) in [6, 6.07) is 7.05. The fourth-order valence-electron chi connectivity index (χ4n) is 4.64. The van der Waals surface area contributed by atoms with E-state index in [0.717, 1.165) is 76.0 Å². The van der Waals surface area contributed by atoms with Crippen LogP contribution in [0.2, 0.25) is 0 Å². The standard InChI is InChI=1S/C22H29N5O2/c1-16(18-5-4-17-6-12-29-20(17)13-18)25-8-10-26(11-9-25)22-23-14-19(15-24-22)27-7-2-3-21(27)28/h4-5,13-16,21,28H,2-3,6-12H2,1H3. The van der Waals surface area contributed by atoms with Crippen molar-refractivity contribution in [1.82, 2.24) is 14.9 Å². The number of benzene rings is 1. The van der Waals surface area contributed by atoms with Gasteiger partial charge in [-0.1, -0.05) is 12.1 Å². The smallest absolute Gasteiger partial charge is 0.225 e. The van der Waals surface area contributed by atoms with Gasteiger partial charge in [0.25, 0.3) is 0 Å². The van der Waals surface area contributed by atoms with Crippen molar-refractivity contribution in [2.75, 3.05) is 49.1 Å². The quantitative estimate of drug-likeness (QED) is 0.851. The second-order valence-electron chi connectivity index (χ2n) is 8.22. The van der Waals surface area contributed by atoms with E-state index < -0.39 is 6.23 Å². The fourth-order valence-corrected chi connectivity index (χ4v) is 4.64. The number of aromatic nitrogens is 2. The zero-order valence-corrected chi connectivity index (χ0v) is 17.0. The molecule has 1 aromatic heterocycles. The van der Waals surface area contributed by atoms with Gasteiger partial charge in [-0.05, 0) is 37.0 Å². The summed E-state index contributed by atoms with van der Waals surface area (Å²) in [6.07, 6.45) is 6.14. The molecule has 0 saturated carbocycles. The van der Waals surface area contributed by atoms with Crippen molar-refractivity contribution in [3.8, 4) is 5.75 Å². The van der Waals surface area contributed by atoms with Gasteiger partial charge in [0.15, 0.2) is 0 Å². The maximum atomic E-state index is 10.0. The largest absolute Gasteiger partial charge is 0.493 e. The molecule has 7 heteroatoms. The number of ether oxygens (including phenoxy) is 1. The number of aliphatic hydroxyl groups excluding tert-OH is 1. The highest BCUT2D eigenvalue weighted by atomic mass is 16.5. The molecule has 5 rings (SSSR count). The van der Waals surface area contributed by atoms with Crippen LogP contribution in [0.15, 0.2) is 30.6 Å². The molecule has 0 radical (unpaired) electrons. The first-order valence-electron chi connectivity index (χ1n) is 10.7. The van der Waals surface area contributed by atoms with Gasteiger partial charge in [0.05, 0.1) is 24.7 Å². The molecular weight excluding hydrogens is 366 g/mol. The molecule has 154 valence electrons. The van der Waals surface area contributed by atoms with Crippen molar-refractivity contribution in [2.24, 2.45) is 0 Å². The van der Waals surface area contributed by atoms with Crippen LogP contribution < -0.4 is 14.5 Å². The third-order valence-electron chi connectivity index (χ3n) is 6.52. The van der Waals surface area contributed by atoms with E-state index in [4.69, 9.17) is 4.74 Å². The number of fused-ring (bicyclic) bond motifs is 1. The summed E-state index contributed by atoms with van der Waals surface area (Å²) in [4.78, 5) is 15.9. The van der Waals surface area contributed by atoms with Crippen molar-refractivity contribution in [3.05, 3.63) is 41.7 Å². The average Bonchev–Trinajstić information content (AvgIpc) is 3.41. The zero-order valence-electron chi connectivity index (χ0n) is 17.0. The second kappa shape index (κ2) is 7.80. The van der Waals surface area contributed by atoms with Gasteiger partial charge in [0.2, 0.25) is 5.95 Å². The lowest BCUT2D eigenvalue weighted by atomic mass is 10.0. The van der Waals surface area contributed by atoms with Crippen LogP contribution in [0.4, 0.5) is 11.6 Å². The van der Waals surface area contributed by atoms with Crippen LogP contribution in [-0.4, -0.2) is 65.5 Å². The minimum atomic E-state index is -0.404. The number of nitrogens with zero attached hydrogens (tertiary/aromatic N) is 5. The van der Waals surface area contributed by atoms with Crippen LogP contribution in [0.1, 0.15) is 36.9 Å². The summed E-state index contributed by atoms with van der Waals surface area (Å²) in [5.74, 6) is 1.84. The maximum absolute atomic E-state index is 10.0. The molecular formula is C22H29N5O2. The first kappa shape index (κ1) is 18.6. The molecule has 3 aliphatic heterocycles. The zero-order chi connectivity index (χ0) is 19.8. The van der Waals surface area contributed by atoms with Gasteiger partial charge >= 0.3 is 0 Å². The van der Waals surface area contributed by atoms with E-state index in [1.165, 1.54) is 11.1 Å². The highest BCUT2D eigenvalue weighted by Crippen LogP contribution is 2.31. The van der Waals surface area contributed by atoms with Crippen molar-refractivity contribution >= 4 is 11.6 Å². The van der Waals surface area contributed by atoms with Crippen molar-refractivity contribution in [1.29, 1.82) is 0 Å². The van der Waals surface area contributed by atoms with Crippen LogP contribution in [0.5, 0.6) is 5.75 Å². The fraction of sp³-hybridized carbons (Fsp3) is 0.545. The molecule has 3 aliphatic rings. The monoisotopic (exact) mass is 395 g/mol. The molecule has 2 aromatic rings. The van der Waals surface area contributed by atoms with E-state index in [1.807, 2.05) is 17.3 Å². The Hall–Kier alpha value is -2.38. The number of hydrogen-bond donors (Lipinski definition) is 1. The third-order valence-corrected chi connectivity index (χ3v) is 6.52. The average molecular weight is 396 g/mol. The SMILES string of the molecule is CC(c1ccc2c(c1)OCC2)N1CCN(c2ncc(N3CCCC3O)cn2)CC1. The maximum Gasteiger partial charge on any atom is 0.225 e. The molecule has 0 amide bonds. The van der Waals surface area contributed by atoms with E-state index in [2.05, 4.69) is 44.9 Å². The number of hydrogen-bond acceptors (Lipinski definition) is 7. The molecule has 2 fully saturated rings. The number of aliphatic hydroxyl groups is 1. The predicted molar refractivity (Wildman–Crippen MR) is 112 cm³/mol. The Morgan fingerprint density at radius 1 is 1.10 bits per heavy atom. The summed E-state index contributed by atoms with van der Waals surface area (Å²) < 4.78 is 5.74. The Labute approximate surface area is 171 Å². The Bertz CT molecular complexity index is 851. The van der Waals surface area contributed by atoms with Gasteiger partial charge in [0, 0.05) is 45.2 Å². The predicted octanol–water partition coefficient (Wildman–Crippen LogP) is 2.21. The lowest BCUT2D eigenvalue weighted by Crippen LogP contribution is -2.47. The minimum absolute atomic E-state index is 0.367. The van der Waals surface area contributed by atoms with Gasteiger partial charge in [-0.25, -0.2) is 9.97 Å². The molecule has 7 nitrogen and oxygen atoms in total. The van der Waals surface area contributed by atoms with Gasteiger partial charge in [-0.3, -0.25) is 4.90 Å². The number of rotatable bonds is 4. The molecule has 0 bridgehead atoms. The molecule has 29 heavy (non-hydrogen) atoms. The number of anilines is 2. The highest BCUT2D eigenvalue weighted by molar-refractivity contribution is 5.46. The molecule has 1 aromatic carbocycles. The van der Waals surface area contributed by atoms with Crippen molar-refractivity contribution in [2.45, 2.75) is 38.5 Å². The topological polar surface area (TPSA) is 65.0 Å². The summed E-state index contributed by atoms with van der Waals surface area (Å²) in [7, 11) is 0. The summed E-state index contributed by atoms with van der Waals surface area (Å²) in [6.45, 7) is 7.74. The van der Waals surface area contributed by atoms with E-state index in [-0.39, 0.29) is 0 Å². The second-order valence-corrected chi connectivity index (χ2v) is 8.22. The first-order valence-corrected chi connectivity index (χ1v) is 10.7. The van der Waals surface area contributed by atoms with Crippen LogP contribution in [0.3, 0.4) is 0 Å². The lowest BCUT2D eigenvalue weighted by Gasteiger charge is -2.38. The molecule has 2 atom stereocenters. The Morgan fingerprint density at radius 2 is 1.90 bits per heavy atom.